The van der Waals surface area contributed by atoms with E-state index in [1.54, 1.807) is 0 Å². The van der Waals surface area contributed by atoms with Gasteiger partial charge in [-0.2, -0.15) is 0 Å². The predicted molar refractivity (Wildman–Crippen MR) is 185 cm³/mol. The lowest BCUT2D eigenvalue weighted by Gasteiger charge is -2.15. The molecule has 1 amide bonds. The lowest BCUT2D eigenvalue weighted by Crippen LogP contribution is -2.28. The van der Waals surface area contributed by atoms with Crippen molar-refractivity contribution in [3.05, 3.63) is 36.5 Å². The van der Waals surface area contributed by atoms with Gasteiger partial charge in [-0.25, -0.2) is 0 Å². The van der Waals surface area contributed by atoms with Crippen molar-refractivity contribution in [2.75, 3.05) is 6.54 Å². The van der Waals surface area contributed by atoms with Crippen LogP contribution >= 0.6 is 0 Å². The van der Waals surface area contributed by atoms with E-state index in [1.807, 2.05) is 0 Å². The van der Waals surface area contributed by atoms with Crippen LogP contribution in [-0.2, 0) is 19.1 Å². The second-order valence-corrected chi connectivity index (χ2v) is 12.1. The molecule has 0 aromatic heterocycles. The lowest BCUT2D eigenvalue weighted by atomic mass is 10.1. The number of hydrogen-bond acceptors (Lipinski definition) is 4. The summed E-state index contributed by atoms with van der Waals surface area (Å²) in [5, 5.41) is 11.0. The van der Waals surface area contributed by atoms with Crippen molar-refractivity contribution in [1.29, 1.82) is 0 Å². The Balaban J connectivity index is 4.19. The number of aliphatic carboxylic acids is 1. The molecule has 0 heterocycles. The van der Waals surface area contributed by atoms with Crippen molar-refractivity contribution in [1.82, 2.24) is 5.32 Å². The van der Waals surface area contributed by atoms with Gasteiger partial charge in [-0.15, -0.1) is 0 Å². The third kappa shape index (κ3) is 32.5. The Morgan fingerprint density at radius 3 is 1.75 bits per heavy atom. The normalized spacial score (nSPS) is 12.4. The Kier molecular flexibility index (Phi) is 31.7. The number of carbonyl (C=O) groups excluding carboxylic acids is 2. The standard InChI is InChI=1S/C38H67NO5/c1-3-5-7-9-11-13-14-15-16-17-18-19-21-23-29-33-38(43)44-35(30-26-22-20-12-10-8-6-4-2)31-27-24-25-28-32-36(40)39-34-37(41)42/h11,13,15-16,26,30,35H,3-10,12,14,17-25,27-29,31-34H2,1-2H3,(H,39,40)(H,41,42)/b13-11-,16-15-,30-26-. The number of unbranched alkanes of at least 4 members (excludes halogenated alkanes) is 17. The smallest absolute Gasteiger partial charge is 0.322 e. The number of amides is 1. The highest BCUT2D eigenvalue weighted by molar-refractivity contribution is 5.80. The number of rotatable bonds is 32. The number of allylic oxidation sites excluding steroid dienone is 5. The zero-order valence-electron chi connectivity index (χ0n) is 28.5. The maximum absolute atomic E-state index is 12.6. The molecule has 0 aliphatic carbocycles. The first-order valence-corrected chi connectivity index (χ1v) is 18.1. The summed E-state index contributed by atoms with van der Waals surface area (Å²) in [7, 11) is 0. The molecule has 0 aliphatic heterocycles. The number of hydrogen-bond donors (Lipinski definition) is 2. The summed E-state index contributed by atoms with van der Waals surface area (Å²) in [6.07, 6.45) is 39.8. The molecule has 0 aromatic carbocycles. The summed E-state index contributed by atoms with van der Waals surface area (Å²) in [4.78, 5) is 34.8. The molecule has 6 nitrogen and oxygen atoms in total. The molecule has 1 atom stereocenters. The Morgan fingerprint density at radius 1 is 0.614 bits per heavy atom. The van der Waals surface area contributed by atoms with E-state index < -0.39 is 5.97 Å². The number of ether oxygens (including phenoxy) is 1. The van der Waals surface area contributed by atoms with Crippen LogP contribution in [0.1, 0.15) is 174 Å². The molecule has 6 heteroatoms. The first kappa shape index (κ1) is 41.6. The van der Waals surface area contributed by atoms with Crippen LogP contribution < -0.4 is 5.32 Å². The molecule has 0 rings (SSSR count). The van der Waals surface area contributed by atoms with E-state index in [4.69, 9.17) is 9.84 Å². The van der Waals surface area contributed by atoms with Gasteiger partial charge in [-0.3, -0.25) is 14.4 Å². The van der Waals surface area contributed by atoms with Crippen molar-refractivity contribution >= 4 is 17.8 Å². The van der Waals surface area contributed by atoms with E-state index >= 15 is 0 Å². The largest absolute Gasteiger partial charge is 0.480 e. The third-order valence-electron chi connectivity index (χ3n) is 7.77. The van der Waals surface area contributed by atoms with E-state index in [2.05, 4.69) is 55.6 Å². The zero-order chi connectivity index (χ0) is 32.4. The molecule has 0 radical (unpaired) electrons. The van der Waals surface area contributed by atoms with Gasteiger partial charge < -0.3 is 15.2 Å². The van der Waals surface area contributed by atoms with Gasteiger partial charge >= 0.3 is 11.9 Å². The van der Waals surface area contributed by atoms with Crippen LogP contribution in [0.2, 0.25) is 0 Å². The number of carbonyl (C=O) groups is 3. The van der Waals surface area contributed by atoms with E-state index in [1.165, 1.54) is 77.0 Å². The molecule has 0 fully saturated rings. The fourth-order valence-corrected chi connectivity index (χ4v) is 5.04. The molecule has 0 bridgehead atoms. The zero-order valence-corrected chi connectivity index (χ0v) is 28.5. The lowest BCUT2D eigenvalue weighted by molar-refractivity contribution is -0.147. The van der Waals surface area contributed by atoms with Crippen LogP contribution in [0.25, 0.3) is 0 Å². The summed E-state index contributed by atoms with van der Waals surface area (Å²) in [5.74, 6) is -1.34. The van der Waals surface area contributed by atoms with Gasteiger partial charge in [0.1, 0.15) is 12.6 Å². The maximum atomic E-state index is 12.6. The summed E-state index contributed by atoms with van der Waals surface area (Å²) in [6, 6.07) is 0. The van der Waals surface area contributed by atoms with Gasteiger partial charge in [0.05, 0.1) is 0 Å². The van der Waals surface area contributed by atoms with Crippen molar-refractivity contribution < 1.29 is 24.2 Å². The van der Waals surface area contributed by atoms with Crippen molar-refractivity contribution in [3.63, 3.8) is 0 Å². The summed E-state index contributed by atoms with van der Waals surface area (Å²) < 4.78 is 5.87. The Bertz CT molecular complexity index is 773. The topological polar surface area (TPSA) is 92.7 Å². The number of carboxylic acids is 1. The highest BCUT2D eigenvalue weighted by Crippen LogP contribution is 2.15. The minimum atomic E-state index is -1.03. The average Bonchev–Trinajstić information content (AvgIpc) is 3.00. The van der Waals surface area contributed by atoms with Crippen LogP contribution in [0, 0.1) is 0 Å². The highest BCUT2D eigenvalue weighted by Gasteiger charge is 2.12. The van der Waals surface area contributed by atoms with Crippen LogP contribution in [0.4, 0.5) is 0 Å². The molecular weight excluding hydrogens is 550 g/mol. The predicted octanol–water partition coefficient (Wildman–Crippen LogP) is 10.6. The molecule has 0 saturated heterocycles. The van der Waals surface area contributed by atoms with Gasteiger partial charge in [-0.1, -0.05) is 121 Å². The fourth-order valence-electron chi connectivity index (χ4n) is 5.04. The molecular formula is C38H67NO5. The first-order valence-electron chi connectivity index (χ1n) is 18.1. The molecule has 2 N–H and O–H groups in total. The molecule has 44 heavy (non-hydrogen) atoms. The number of carboxylic acid groups (broad SMARTS) is 1. The summed E-state index contributed by atoms with van der Waals surface area (Å²) in [6.45, 7) is 4.15. The van der Waals surface area contributed by atoms with Crippen molar-refractivity contribution in [2.24, 2.45) is 0 Å². The molecule has 0 aromatic rings. The molecule has 1 unspecified atom stereocenters. The van der Waals surface area contributed by atoms with Gasteiger partial charge in [-0.05, 0) is 76.7 Å². The van der Waals surface area contributed by atoms with Crippen molar-refractivity contribution in [2.45, 2.75) is 180 Å². The van der Waals surface area contributed by atoms with Gasteiger partial charge in [0.2, 0.25) is 5.91 Å². The molecule has 0 aliphatic rings. The first-order chi connectivity index (χ1) is 21.5. The van der Waals surface area contributed by atoms with E-state index in [0.29, 0.717) is 12.8 Å². The number of esters is 1. The molecule has 254 valence electrons. The summed E-state index contributed by atoms with van der Waals surface area (Å²) >= 11 is 0. The van der Waals surface area contributed by atoms with Gasteiger partial charge in [0.15, 0.2) is 0 Å². The average molecular weight is 618 g/mol. The monoisotopic (exact) mass is 618 g/mol. The van der Waals surface area contributed by atoms with Crippen molar-refractivity contribution in [3.8, 4) is 0 Å². The molecule has 0 saturated carbocycles. The Morgan fingerprint density at radius 2 is 1.11 bits per heavy atom. The SMILES string of the molecule is CCCCC/C=C\C/C=C\CCCCCCCC(=O)OC(/C=C\CCCCCCCC)CCCCCCC(=O)NCC(=O)O. The van der Waals surface area contributed by atoms with Crippen LogP contribution in [-0.4, -0.2) is 35.6 Å². The van der Waals surface area contributed by atoms with Crippen LogP contribution in [0.5, 0.6) is 0 Å². The van der Waals surface area contributed by atoms with Crippen LogP contribution in [0.15, 0.2) is 36.5 Å². The Labute approximate surface area is 270 Å². The third-order valence-corrected chi connectivity index (χ3v) is 7.77. The van der Waals surface area contributed by atoms with E-state index in [-0.39, 0.29) is 24.5 Å². The second-order valence-electron chi connectivity index (χ2n) is 12.1. The molecule has 0 spiro atoms. The second kappa shape index (κ2) is 33.5. The quantitative estimate of drug-likeness (QED) is 0.0445. The van der Waals surface area contributed by atoms with Gasteiger partial charge in [0.25, 0.3) is 0 Å². The maximum Gasteiger partial charge on any atom is 0.322 e. The highest BCUT2D eigenvalue weighted by atomic mass is 16.5. The van der Waals surface area contributed by atoms with E-state index in [0.717, 1.165) is 70.6 Å². The summed E-state index contributed by atoms with van der Waals surface area (Å²) in [5.41, 5.74) is 0. The number of nitrogens with one attached hydrogen (secondary N) is 1. The van der Waals surface area contributed by atoms with Gasteiger partial charge in [0, 0.05) is 12.8 Å². The minimum Gasteiger partial charge on any atom is -0.480 e. The van der Waals surface area contributed by atoms with E-state index in [9.17, 15) is 14.4 Å². The van der Waals surface area contributed by atoms with Crippen LogP contribution in [0.3, 0.4) is 0 Å². The Hall–Kier alpha value is -2.37. The fraction of sp³-hybridized carbons (Fsp3) is 0.763. The minimum absolute atomic E-state index is 0.0972.